The molecule has 4 nitrogen and oxygen atoms in total. The van der Waals surface area contributed by atoms with Crippen molar-refractivity contribution in [2.75, 3.05) is 0 Å². The second-order valence-electron chi connectivity index (χ2n) is 3.42. The molecule has 0 aliphatic rings. The van der Waals surface area contributed by atoms with Crippen molar-refractivity contribution in [1.29, 1.82) is 0 Å². The maximum Gasteiger partial charge on any atom is 0.335 e. The first-order valence-electron chi connectivity index (χ1n) is 4.59. The first-order chi connectivity index (χ1) is 7.00. The molecule has 0 bridgehead atoms. The number of carboxylic acid groups (broad SMARTS) is 1. The van der Waals surface area contributed by atoms with Crippen LogP contribution >= 0.6 is 0 Å². The van der Waals surface area contributed by atoms with Crippen molar-refractivity contribution in [2.45, 2.75) is 19.4 Å². The second kappa shape index (κ2) is 4.70. The van der Waals surface area contributed by atoms with Gasteiger partial charge in [-0.1, -0.05) is 12.1 Å². The van der Waals surface area contributed by atoms with Crippen molar-refractivity contribution in [2.24, 2.45) is 5.73 Å². The van der Waals surface area contributed by atoms with Crippen LogP contribution in [-0.2, 0) is 11.2 Å². The van der Waals surface area contributed by atoms with Gasteiger partial charge in [-0.2, -0.15) is 0 Å². The van der Waals surface area contributed by atoms with Crippen LogP contribution in [0.25, 0.3) is 0 Å². The number of ketones is 1. The summed E-state index contributed by atoms with van der Waals surface area (Å²) in [5.41, 5.74) is 6.68. The smallest absolute Gasteiger partial charge is 0.335 e. The predicted octanol–water partition coefficient (Wildman–Crippen LogP) is 0.844. The van der Waals surface area contributed by atoms with Crippen molar-refractivity contribution in [1.82, 2.24) is 0 Å². The Kier molecular flexibility index (Phi) is 3.57. The van der Waals surface area contributed by atoms with Gasteiger partial charge in [0.25, 0.3) is 0 Å². The molecule has 0 aliphatic heterocycles. The van der Waals surface area contributed by atoms with Crippen LogP contribution in [0.5, 0.6) is 0 Å². The molecular formula is C11H13NO3. The van der Waals surface area contributed by atoms with Gasteiger partial charge in [-0.15, -0.1) is 0 Å². The molecule has 0 saturated heterocycles. The zero-order chi connectivity index (χ0) is 11.4. The van der Waals surface area contributed by atoms with Gasteiger partial charge in [0.05, 0.1) is 11.6 Å². The van der Waals surface area contributed by atoms with Crippen LogP contribution in [0.2, 0.25) is 0 Å². The van der Waals surface area contributed by atoms with Crippen LogP contribution in [0.1, 0.15) is 22.8 Å². The Balaban J connectivity index is 2.72. The molecule has 1 rings (SSSR count). The van der Waals surface area contributed by atoms with Gasteiger partial charge in [-0.3, -0.25) is 4.79 Å². The van der Waals surface area contributed by atoms with Crippen LogP contribution in [0.4, 0.5) is 0 Å². The van der Waals surface area contributed by atoms with Gasteiger partial charge >= 0.3 is 5.97 Å². The van der Waals surface area contributed by atoms with Crippen LogP contribution in [0, 0.1) is 0 Å². The number of rotatable bonds is 4. The first-order valence-corrected chi connectivity index (χ1v) is 4.59. The summed E-state index contributed by atoms with van der Waals surface area (Å²) in [5, 5.41) is 8.67. The zero-order valence-corrected chi connectivity index (χ0v) is 8.43. The van der Waals surface area contributed by atoms with Crippen LogP contribution in [0.3, 0.4) is 0 Å². The van der Waals surface area contributed by atoms with E-state index in [1.807, 2.05) is 0 Å². The Hall–Kier alpha value is -1.68. The van der Waals surface area contributed by atoms with E-state index in [9.17, 15) is 9.59 Å². The van der Waals surface area contributed by atoms with E-state index in [0.717, 1.165) is 5.56 Å². The van der Waals surface area contributed by atoms with Crippen LogP contribution in [0.15, 0.2) is 24.3 Å². The topological polar surface area (TPSA) is 80.4 Å². The molecule has 1 aromatic carbocycles. The molecule has 1 aromatic rings. The van der Waals surface area contributed by atoms with E-state index in [1.165, 1.54) is 19.1 Å². The molecule has 80 valence electrons. The lowest BCUT2D eigenvalue weighted by Gasteiger charge is -2.07. The highest BCUT2D eigenvalue weighted by Gasteiger charge is 2.09. The Morgan fingerprint density at radius 3 is 2.27 bits per heavy atom. The average Bonchev–Trinajstić information content (AvgIpc) is 2.18. The summed E-state index contributed by atoms with van der Waals surface area (Å²) < 4.78 is 0. The number of benzene rings is 1. The minimum atomic E-state index is -0.961. The highest BCUT2D eigenvalue weighted by molar-refractivity contribution is 5.87. The molecule has 0 unspecified atom stereocenters. The third kappa shape index (κ3) is 3.18. The van der Waals surface area contributed by atoms with E-state index in [2.05, 4.69) is 0 Å². The maximum absolute atomic E-state index is 10.9. The Morgan fingerprint density at radius 2 is 1.87 bits per heavy atom. The van der Waals surface area contributed by atoms with Gasteiger partial charge in [-0.05, 0) is 31.0 Å². The Morgan fingerprint density at radius 1 is 1.33 bits per heavy atom. The standard InChI is InChI=1S/C11H13NO3/c1-7(13)10(12)6-8-2-4-9(5-3-8)11(14)15/h2-5,10H,6,12H2,1H3,(H,14,15)/t10-/m0/s1. The SMILES string of the molecule is CC(=O)[C@@H](N)Cc1ccc(C(=O)O)cc1. The van der Waals surface area contributed by atoms with Crippen molar-refractivity contribution in [3.63, 3.8) is 0 Å². The fourth-order valence-corrected chi connectivity index (χ4v) is 1.18. The second-order valence-corrected chi connectivity index (χ2v) is 3.42. The summed E-state index contributed by atoms with van der Waals surface area (Å²) >= 11 is 0. The number of carbonyl (C=O) groups is 2. The fourth-order valence-electron chi connectivity index (χ4n) is 1.18. The van der Waals surface area contributed by atoms with Gasteiger partial charge in [0.1, 0.15) is 5.78 Å². The molecule has 0 fully saturated rings. The van der Waals surface area contributed by atoms with E-state index in [1.54, 1.807) is 12.1 Å². The summed E-state index contributed by atoms with van der Waals surface area (Å²) in [6.45, 7) is 1.44. The number of carbonyl (C=O) groups excluding carboxylic acids is 1. The third-order valence-electron chi connectivity index (χ3n) is 2.18. The molecule has 0 amide bonds. The molecule has 0 heterocycles. The normalized spacial score (nSPS) is 12.1. The van der Waals surface area contributed by atoms with Gasteiger partial charge in [0, 0.05) is 0 Å². The van der Waals surface area contributed by atoms with Crippen molar-refractivity contribution < 1.29 is 14.7 Å². The number of Topliss-reactive ketones (excluding diaryl/α,β-unsaturated/α-hetero) is 1. The molecule has 0 aliphatic carbocycles. The molecule has 0 aromatic heterocycles. The van der Waals surface area contributed by atoms with Gasteiger partial charge in [0.15, 0.2) is 0 Å². The average molecular weight is 207 g/mol. The molecule has 0 radical (unpaired) electrons. The van der Waals surface area contributed by atoms with E-state index in [-0.39, 0.29) is 11.3 Å². The number of hydrogen-bond donors (Lipinski definition) is 2. The number of nitrogens with two attached hydrogens (primary N) is 1. The van der Waals surface area contributed by atoms with Gasteiger partial charge in [0.2, 0.25) is 0 Å². The summed E-state index contributed by atoms with van der Waals surface area (Å²) in [6, 6.07) is 5.84. The summed E-state index contributed by atoms with van der Waals surface area (Å²) in [4.78, 5) is 21.5. The minimum absolute atomic E-state index is 0.0719. The van der Waals surface area contributed by atoms with E-state index in [4.69, 9.17) is 10.8 Å². The van der Waals surface area contributed by atoms with Crippen LogP contribution < -0.4 is 5.73 Å². The molecule has 15 heavy (non-hydrogen) atoms. The highest BCUT2D eigenvalue weighted by Crippen LogP contribution is 2.06. The predicted molar refractivity (Wildman–Crippen MR) is 55.8 cm³/mol. The van der Waals surface area contributed by atoms with Crippen molar-refractivity contribution >= 4 is 11.8 Å². The minimum Gasteiger partial charge on any atom is -0.478 e. The molecule has 0 saturated carbocycles. The maximum atomic E-state index is 10.9. The summed E-state index contributed by atoms with van der Waals surface area (Å²) in [5.74, 6) is -1.03. The molecule has 1 atom stereocenters. The lowest BCUT2D eigenvalue weighted by Crippen LogP contribution is -2.30. The third-order valence-corrected chi connectivity index (χ3v) is 2.18. The molecular weight excluding hydrogens is 194 g/mol. The first kappa shape index (κ1) is 11.4. The molecule has 3 N–H and O–H groups in total. The number of hydrogen-bond acceptors (Lipinski definition) is 3. The zero-order valence-electron chi connectivity index (χ0n) is 8.43. The summed E-state index contributed by atoms with van der Waals surface area (Å²) in [7, 11) is 0. The Bertz CT molecular complexity index is 370. The molecule has 0 spiro atoms. The quantitative estimate of drug-likeness (QED) is 0.766. The van der Waals surface area contributed by atoms with Crippen molar-refractivity contribution in [3.05, 3.63) is 35.4 Å². The monoisotopic (exact) mass is 207 g/mol. The largest absolute Gasteiger partial charge is 0.478 e. The fraction of sp³-hybridized carbons (Fsp3) is 0.273. The lowest BCUT2D eigenvalue weighted by molar-refractivity contribution is -0.118. The van der Waals surface area contributed by atoms with Gasteiger partial charge in [-0.25, -0.2) is 4.79 Å². The van der Waals surface area contributed by atoms with E-state index in [0.29, 0.717) is 6.42 Å². The lowest BCUT2D eigenvalue weighted by atomic mass is 10.0. The van der Waals surface area contributed by atoms with Crippen molar-refractivity contribution in [3.8, 4) is 0 Å². The van der Waals surface area contributed by atoms with Crippen LogP contribution in [-0.4, -0.2) is 22.9 Å². The van der Waals surface area contributed by atoms with Gasteiger partial charge < -0.3 is 10.8 Å². The molecule has 4 heteroatoms. The number of carboxylic acids is 1. The van der Waals surface area contributed by atoms with E-state index >= 15 is 0 Å². The summed E-state index contributed by atoms with van der Waals surface area (Å²) in [6.07, 6.45) is 0.440. The highest BCUT2D eigenvalue weighted by atomic mass is 16.4. The Labute approximate surface area is 87.7 Å². The van der Waals surface area contributed by atoms with E-state index < -0.39 is 12.0 Å². The number of aromatic carboxylic acids is 1.